The molecule has 1 aromatic carbocycles. The molecule has 0 spiro atoms. The number of anilines is 1. The first kappa shape index (κ1) is 16.8. The largest absolute Gasteiger partial charge is 0.340 e. The van der Waals surface area contributed by atoms with E-state index in [0.717, 1.165) is 5.56 Å². The third-order valence-electron chi connectivity index (χ3n) is 3.49. The monoisotopic (exact) mass is 352 g/mol. The number of carbonyl (C=O) groups excluding carboxylic acids is 2. The Morgan fingerprint density at radius 3 is 2.60 bits per heavy atom. The molecule has 2 amide bonds. The third-order valence-corrected chi connectivity index (χ3v) is 4.18. The van der Waals surface area contributed by atoms with Crippen LogP contribution in [0.1, 0.15) is 15.9 Å². The van der Waals surface area contributed by atoms with Crippen molar-refractivity contribution in [2.24, 2.45) is 0 Å². The Kier molecular flexibility index (Phi) is 5.48. The van der Waals surface area contributed by atoms with E-state index in [-0.39, 0.29) is 11.8 Å². The molecule has 3 rings (SSSR count). The van der Waals surface area contributed by atoms with Crippen molar-refractivity contribution in [3.05, 3.63) is 77.6 Å². The van der Waals surface area contributed by atoms with Crippen molar-refractivity contribution in [3.8, 4) is 0 Å². The van der Waals surface area contributed by atoms with E-state index in [1.165, 1.54) is 17.5 Å². The Morgan fingerprint density at radius 2 is 1.92 bits per heavy atom. The summed E-state index contributed by atoms with van der Waals surface area (Å²) in [6, 6.07) is 12.1. The van der Waals surface area contributed by atoms with Gasteiger partial charge in [-0.3, -0.25) is 14.6 Å². The number of nitrogens with one attached hydrogen (secondary N) is 2. The van der Waals surface area contributed by atoms with E-state index in [0.29, 0.717) is 17.1 Å². The van der Waals surface area contributed by atoms with E-state index in [4.69, 9.17) is 0 Å². The summed E-state index contributed by atoms with van der Waals surface area (Å²) < 4.78 is 0. The highest BCUT2D eigenvalue weighted by Crippen LogP contribution is 2.12. The minimum Gasteiger partial charge on any atom is -0.340 e. The Balaban J connectivity index is 1.76. The number of hydrogen-bond donors (Lipinski definition) is 2. The van der Waals surface area contributed by atoms with E-state index < -0.39 is 6.04 Å². The number of amides is 2. The van der Waals surface area contributed by atoms with Crippen molar-refractivity contribution in [1.29, 1.82) is 0 Å². The minimum atomic E-state index is -0.723. The fourth-order valence-corrected chi connectivity index (χ4v) is 2.81. The van der Waals surface area contributed by atoms with Gasteiger partial charge in [0.15, 0.2) is 5.13 Å². The molecule has 0 bridgehead atoms. The second-order valence-corrected chi connectivity index (χ2v) is 6.18. The Labute approximate surface area is 149 Å². The van der Waals surface area contributed by atoms with Crippen LogP contribution in [-0.4, -0.2) is 27.8 Å². The first-order valence-corrected chi connectivity index (χ1v) is 8.55. The molecule has 0 aliphatic carbocycles. The van der Waals surface area contributed by atoms with Gasteiger partial charge in [0.2, 0.25) is 5.91 Å². The minimum absolute atomic E-state index is 0.309. The van der Waals surface area contributed by atoms with Crippen LogP contribution in [-0.2, 0) is 11.2 Å². The second kappa shape index (κ2) is 8.16. The maximum atomic E-state index is 12.6. The lowest BCUT2D eigenvalue weighted by Crippen LogP contribution is -2.45. The van der Waals surface area contributed by atoms with Crippen molar-refractivity contribution < 1.29 is 9.59 Å². The highest BCUT2D eigenvalue weighted by Gasteiger charge is 2.22. The fourth-order valence-electron chi connectivity index (χ4n) is 2.28. The van der Waals surface area contributed by atoms with Crippen LogP contribution in [0.3, 0.4) is 0 Å². The lowest BCUT2D eigenvalue weighted by Gasteiger charge is -2.18. The van der Waals surface area contributed by atoms with Crippen LogP contribution in [0.5, 0.6) is 0 Å². The maximum absolute atomic E-state index is 12.6. The molecule has 2 N–H and O–H groups in total. The molecule has 25 heavy (non-hydrogen) atoms. The number of nitrogens with zero attached hydrogens (tertiary/aromatic N) is 2. The van der Waals surface area contributed by atoms with Crippen LogP contribution in [0, 0.1) is 0 Å². The summed E-state index contributed by atoms with van der Waals surface area (Å²) in [5.41, 5.74) is 1.36. The van der Waals surface area contributed by atoms with Gasteiger partial charge in [0, 0.05) is 30.4 Å². The molecule has 126 valence electrons. The van der Waals surface area contributed by atoms with Gasteiger partial charge in [-0.05, 0) is 17.7 Å². The van der Waals surface area contributed by atoms with Gasteiger partial charge in [-0.1, -0.05) is 30.3 Å². The third kappa shape index (κ3) is 4.71. The summed E-state index contributed by atoms with van der Waals surface area (Å²) in [5.74, 6) is -0.653. The lowest BCUT2D eigenvalue weighted by molar-refractivity contribution is -0.118. The first-order chi connectivity index (χ1) is 12.2. The topological polar surface area (TPSA) is 84.0 Å². The van der Waals surface area contributed by atoms with Crippen molar-refractivity contribution >= 4 is 28.3 Å². The van der Waals surface area contributed by atoms with E-state index >= 15 is 0 Å². The van der Waals surface area contributed by atoms with Gasteiger partial charge in [-0.25, -0.2) is 4.98 Å². The number of hydrogen-bond acceptors (Lipinski definition) is 5. The normalized spacial score (nSPS) is 11.5. The van der Waals surface area contributed by atoms with E-state index in [2.05, 4.69) is 20.6 Å². The highest BCUT2D eigenvalue weighted by molar-refractivity contribution is 7.13. The van der Waals surface area contributed by atoms with Gasteiger partial charge in [0.05, 0.1) is 5.56 Å². The predicted octanol–water partition coefficient (Wildman–Crippen LogP) is 2.52. The quantitative estimate of drug-likeness (QED) is 0.714. The molecule has 0 radical (unpaired) electrons. The molecule has 0 aliphatic rings. The molecule has 2 aromatic heterocycles. The van der Waals surface area contributed by atoms with Crippen LogP contribution < -0.4 is 10.6 Å². The van der Waals surface area contributed by atoms with Gasteiger partial charge >= 0.3 is 0 Å². The van der Waals surface area contributed by atoms with E-state index in [1.54, 1.807) is 29.9 Å². The SMILES string of the molecule is O=C(N[C@H](Cc1ccccc1)C(=O)Nc1nccs1)c1cccnc1. The molecule has 0 saturated heterocycles. The summed E-state index contributed by atoms with van der Waals surface area (Å²) in [7, 11) is 0. The summed E-state index contributed by atoms with van der Waals surface area (Å²) in [6.45, 7) is 0. The summed E-state index contributed by atoms with van der Waals surface area (Å²) in [4.78, 5) is 33.0. The molecule has 6 nitrogen and oxygen atoms in total. The van der Waals surface area contributed by atoms with Gasteiger partial charge in [-0.2, -0.15) is 0 Å². The number of benzene rings is 1. The van der Waals surface area contributed by atoms with Crippen molar-refractivity contribution in [2.45, 2.75) is 12.5 Å². The number of pyridine rings is 1. The van der Waals surface area contributed by atoms with Gasteiger partial charge in [-0.15, -0.1) is 11.3 Å². The molecular formula is C18H16N4O2S. The molecule has 0 aliphatic heterocycles. The van der Waals surface area contributed by atoms with Crippen LogP contribution in [0.2, 0.25) is 0 Å². The van der Waals surface area contributed by atoms with Crippen molar-refractivity contribution in [3.63, 3.8) is 0 Å². The van der Waals surface area contributed by atoms with Gasteiger partial charge in [0.1, 0.15) is 6.04 Å². The molecule has 0 unspecified atom stereocenters. The predicted molar refractivity (Wildman–Crippen MR) is 96.4 cm³/mol. The Morgan fingerprint density at radius 1 is 1.08 bits per heavy atom. The molecule has 3 aromatic rings. The van der Waals surface area contributed by atoms with Crippen LogP contribution in [0.4, 0.5) is 5.13 Å². The molecule has 0 fully saturated rings. The molecule has 7 heteroatoms. The number of thiazole rings is 1. The Hall–Kier alpha value is -3.06. The average Bonchev–Trinajstić information content (AvgIpc) is 3.15. The summed E-state index contributed by atoms with van der Waals surface area (Å²) in [5, 5.41) is 7.79. The average molecular weight is 352 g/mol. The van der Waals surface area contributed by atoms with Gasteiger partial charge < -0.3 is 10.6 Å². The summed E-state index contributed by atoms with van der Waals surface area (Å²) in [6.07, 6.45) is 5.05. The van der Waals surface area contributed by atoms with Crippen LogP contribution in [0.15, 0.2) is 66.4 Å². The zero-order chi connectivity index (χ0) is 17.5. The highest BCUT2D eigenvalue weighted by atomic mass is 32.1. The van der Waals surface area contributed by atoms with Crippen LogP contribution >= 0.6 is 11.3 Å². The van der Waals surface area contributed by atoms with E-state index in [9.17, 15) is 9.59 Å². The molecule has 0 saturated carbocycles. The lowest BCUT2D eigenvalue weighted by atomic mass is 10.0. The Bertz CT molecular complexity index is 823. The summed E-state index contributed by atoms with van der Waals surface area (Å²) >= 11 is 1.32. The maximum Gasteiger partial charge on any atom is 0.253 e. The number of aromatic nitrogens is 2. The fraction of sp³-hybridized carbons (Fsp3) is 0.111. The zero-order valence-corrected chi connectivity index (χ0v) is 14.1. The van der Waals surface area contributed by atoms with Gasteiger partial charge in [0.25, 0.3) is 5.91 Å². The smallest absolute Gasteiger partial charge is 0.253 e. The molecular weight excluding hydrogens is 336 g/mol. The van der Waals surface area contributed by atoms with Crippen LogP contribution in [0.25, 0.3) is 0 Å². The second-order valence-electron chi connectivity index (χ2n) is 5.28. The van der Waals surface area contributed by atoms with Crippen molar-refractivity contribution in [2.75, 3.05) is 5.32 Å². The molecule has 1 atom stereocenters. The number of carbonyl (C=O) groups is 2. The standard InChI is InChI=1S/C18H16N4O2S/c23-16(14-7-4-8-19-12-14)21-15(11-13-5-2-1-3-6-13)17(24)22-18-20-9-10-25-18/h1-10,12,15H,11H2,(H,21,23)(H,20,22,24)/t15-/m1/s1. The van der Waals surface area contributed by atoms with E-state index in [1.807, 2.05) is 30.3 Å². The number of rotatable bonds is 6. The van der Waals surface area contributed by atoms with Crippen molar-refractivity contribution in [1.82, 2.24) is 15.3 Å². The molecule has 2 heterocycles. The first-order valence-electron chi connectivity index (χ1n) is 7.67. The zero-order valence-electron chi connectivity index (χ0n) is 13.3.